The number of carboxylic acid groups (broad SMARTS) is 1. The highest BCUT2D eigenvalue weighted by Gasteiger charge is 2.33. The van der Waals surface area contributed by atoms with Crippen LogP contribution in [0.3, 0.4) is 0 Å². The minimum absolute atomic E-state index is 0.143. The molecule has 1 aromatic carbocycles. The maximum absolute atomic E-state index is 12.5. The van der Waals surface area contributed by atoms with E-state index in [-0.39, 0.29) is 10.7 Å². The fourth-order valence-corrected chi connectivity index (χ4v) is 3.59. The van der Waals surface area contributed by atoms with Crippen LogP contribution in [0.2, 0.25) is 5.02 Å². The van der Waals surface area contributed by atoms with E-state index >= 15 is 0 Å². The van der Waals surface area contributed by atoms with Crippen LogP contribution >= 0.6 is 11.6 Å². The summed E-state index contributed by atoms with van der Waals surface area (Å²) in [7, 11) is -4.10. The Kier molecular flexibility index (Phi) is 5.28. The molecule has 0 amide bonds. The summed E-state index contributed by atoms with van der Waals surface area (Å²) in [5, 5.41) is 10.3. The van der Waals surface area contributed by atoms with Gasteiger partial charge in [-0.25, -0.2) is 24.2 Å². The number of fused-ring (bicyclic) bond motifs is 1. The molecule has 134 valence electrons. The van der Waals surface area contributed by atoms with E-state index in [0.29, 0.717) is 15.8 Å². The van der Waals surface area contributed by atoms with E-state index in [0.717, 1.165) is 0 Å². The van der Waals surface area contributed by atoms with E-state index in [9.17, 15) is 13.2 Å². The Morgan fingerprint density at radius 2 is 2.08 bits per heavy atom. The Hall–Kier alpha value is -2.27. The normalized spacial score (nSPS) is 12.6. The molecule has 2 aromatic rings. The molecule has 0 spiro atoms. The smallest absolute Gasteiger partial charge is 0.324 e. The average Bonchev–Trinajstić information content (AvgIpc) is 2.53. The number of hydrogen-bond donors (Lipinski definition) is 4. The molecule has 0 aliphatic rings. The van der Waals surface area contributed by atoms with Gasteiger partial charge in [-0.15, -0.1) is 0 Å². The van der Waals surface area contributed by atoms with Gasteiger partial charge in [0.05, 0.1) is 9.92 Å². The number of pyridine rings is 1. The van der Waals surface area contributed by atoms with Crippen molar-refractivity contribution in [2.75, 3.05) is 0 Å². The van der Waals surface area contributed by atoms with Crippen molar-refractivity contribution in [2.45, 2.75) is 24.3 Å². The lowest BCUT2D eigenvalue weighted by Gasteiger charge is -2.21. The van der Waals surface area contributed by atoms with Gasteiger partial charge in [-0.2, -0.15) is 4.72 Å². The molecule has 0 atom stereocenters. The topological polar surface area (TPSA) is 147 Å². The van der Waals surface area contributed by atoms with Crippen molar-refractivity contribution in [2.24, 2.45) is 10.8 Å². The first-order valence-corrected chi connectivity index (χ1v) is 8.79. The maximum atomic E-state index is 12.5. The number of aromatic nitrogens is 1. The van der Waals surface area contributed by atoms with Gasteiger partial charge in [-0.05, 0) is 26.0 Å². The molecular formula is C14H16ClN5O4S. The fourth-order valence-electron chi connectivity index (χ4n) is 1.98. The summed E-state index contributed by atoms with van der Waals surface area (Å²) in [4.78, 5) is 19.0. The Bertz CT molecular complexity index is 959. The second kappa shape index (κ2) is 6.92. The summed E-state index contributed by atoms with van der Waals surface area (Å²) in [5.41, 5.74) is 0.548. The second-order valence-electron chi connectivity index (χ2n) is 5.60. The molecule has 5 N–H and O–H groups in total. The van der Waals surface area contributed by atoms with Crippen LogP contribution in [-0.4, -0.2) is 36.4 Å². The fraction of sp³-hybridized carbons (Fsp3) is 0.214. The molecule has 0 radical (unpaired) electrons. The monoisotopic (exact) mass is 385 g/mol. The van der Waals surface area contributed by atoms with Crippen molar-refractivity contribution in [1.82, 2.24) is 15.1 Å². The number of rotatable bonds is 6. The second-order valence-corrected chi connectivity index (χ2v) is 7.69. The van der Waals surface area contributed by atoms with Crippen molar-refractivity contribution in [3.63, 3.8) is 0 Å². The van der Waals surface area contributed by atoms with Crippen LogP contribution in [0.4, 0.5) is 5.82 Å². The SMILES string of the molecule is CC(C)(NS(=O)(=O)c1ccc2c(Cl)cnc(N=CNN)c2c1)C(=O)O. The van der Waals surface area contributed by atoms with Gasteiger partial charge in [0.25, 0.3) is 0 Å². The highest BCUT2D eigenvalue weighted by Crippen LogP contribution is 2.31. The molecular weight excluding hydrogens is 370 g/mol. The molecule has 9 nitrogen and oxygen atoms in total. The molecule has 25 heavy (non-hydrogen) atoms. The van der Waals surface area contributed by atoms with Crippen molar-refractivity contribution in [3.8, 4) is 0 Å². The van der Waals surface area contributed by atoms with Gasteiger partial charge < -0.3 is 10.5 Å². The Morgan fingerprint density at radius 1 is 1.40 bits per heavy atom. The highest BCUT2D eigenvalue weighted by atomic mass is 35.5. The summed E-state index contributed by atoms with van der Waals surface area (Å²) in [5.74, 6) is 4.03. The lowest BCUT2D eigenvalue weighted by molar-refractivity contribution is -0.142. The number of hydrogen-bond acceptors (Lipinski definition) is 6. The molecule has 11 heteroatoms. The minimum atomic E-state index is -4.10. The first-order valence-electron chi connectivity index (χ1n) is 6.93. The van der Waals surface area contributed by atoms with Crippen LogP contribution in [0.1, 0.15) is 13.8 Å². The molecule has 0 aliphatic heterocycles. The van der Waals surface area contributed by atoms with Crippen LogP contribution in [0.25, 0.3) is 10.8 Å². The van der Waals surface area contributed by atoms with E-state index in [1.165, 1.54) is 44.6 Å². The lowest BCUT2D eigenvalue weighted by Crippen LogP contribution is -2.49. The lowest BCUT2D eigenvalue weighted by atomic mass is 10.1. The Morgan fingerprint density at radius 3 is 2.68 bits per heavy atom. The summed E-state index contributed by atoms with van der Waals surface area (Å²) in [6.45, 7) is 2.49. The van der Waals surface area contributed by atoms with Crippen molar-refractivity contribution < 1.29 is 18.3 Å². The van der Waals surface area contributed by atoms with Crippen molar-refractivity contribution in [3.05, 3.63) is 29.4 Å². The molecule has 1 aromatic heterocycles. The number of sulfonamides is 1. The average molecular weight is 386 g/mol. The zero-order chi connectivity index (χ0) is 18.8. The highest BCUT2D eigenvalue weighted by molar-refractivity contribution is 7.89. The number of nitrogens with one attached hydrogen (secondary N) is 2. The molecule has 0 aliphatic carbocycles. The zero-order valence-electron chi connectivity index (χ0n) is 13.3. The largest absolute Gasteiger partial charge is 0.480 e. The van der Waals surface area contributed by atoms with Gasteiger partial charge in [0.1, 0.15) is 11.9 Å². The number of halogens is 1. The van der Waals surface area contributed by atoms with E-state index in [1.807, 2.05) is 0 Å². The zero-order valence-corrected chi connectivity index (χ0v) is 14.9. The number of aliphatic imine (C=N–C) groups is 1. The maximum Gasteiger partial charge on any atom is 0.324 e. The van der Waals surface area contributed by atoms with Gasteiger partial charge in [0.15, 0.2) is 5.82 Å². The van der Waals surface area contributed by atoms with Crippen LogP contribution < -0.4 is 16.0 Å². The van der Waals surface area contributed by atoms with Crippen LogP contribution in [-0.2, 0) is 14.8 Å². The van der Waals surface area contributed by atoms with Crippen molar-refractivity contribution in [1.29, 1.82) is 0 Å². The molecule has 0 unspecified atom stereocenters. The summed E-state index contributed by atoms with van der Waals surface area (Å²) in [6.07, 6.45) is 2.57. The van der Waals surface area contributed by atoms with Gasteiger partial charge in [-0.3, -0.25) is 4.79 Å². The number of hydrazine groups is 1. The number of benzene rings is 1. The predicted octanol–water partition coefficient (Wildman–Crippen LogP) is 1.15. The number of carbonyl (C=O) groups is 1. The minimum Gasteiger partial charge on any atom is -0.480 e. The number of carboxylic acids is 1. The first kappa shape index (κ1) is 19.1. The Balaban J connectivity index is 2.60. The Labute approximate surface area is 148 Å². The summed E-state index contributed by atoms with van der Waals surface area (Å²) in [6, 6.07) is 4.14. The molecule has 0 saturated heterocycles. The van der Waals surface area contributed by atoms with E-state index in [1.54, 1.807) is 0 Å². The van der Waals surface area contributed by atoms with Crippen LogP contribution in [0.5, 0.6) is 0 Å². The summed E-state index contributed by atoms with van der Waals surface area (Å²) < 4.78 is 27.2. The van der Waals surface area contributed by atoms with Gasteiger partial charge in [-0.1, -0.05) is 17.7 Å². The number of nitrogens with zero attached hydrogens (tertiary/aromatic N) is 2. The molecule has 0 fully saturated rings. The van der Waals surface area contributed by atoms with Gasteiger partial charge in [0.2, 0.25) is 10.0 Å². The first-order chi connectivity index (χ1) is 11.6. The van der Waals surface area contributed by atoms with E-state index < -0.39 is 21.5 Å². The van der Waals surface area contributed by atoms with Crippen LogP contribution in [0.15, 0.2) is 34.3 Å². The van der Waals surface area contributed by atoms with Crippen LogP contribution in [0, 0.1) is 0 Å². The third kappa shape index (κ3) is 4.04. The molecule has 0 bridgehead atoms. The van der Waals surface area contributed by atoms with Gasteiger partial charge in [0, 0.05) is 17.0 Å². The predicted molar refractivity (Wildman–Crippen MR) is 94.3 cm³/mol. The molecule has 1 heterocycles. The summed E-state index contributed by atoms with van der Waals surface area (Å²) >= 11 is 6.08. The van der Waals surface area contributed by atoms with E-state index in [2.05, 4.69) is 20.1 Å². The van der Waals surface area contributed by atoms with Crippen molar-refractivity contribution >= 4 is 50.5 Å². The van der Waals surface area contributed by atoms with Gasteiger partial charge >= 0.3 is 5.97 Å². The third-order valence-electron chi connectivity index (χ3n) is 3.29. The molecule has 2 rings (SSSR count). The third-order valence-corrected chi connectivity index (χ3v) is 5.24. The molecule has 0 saturated carbocycles. The number of nitrogens with two attached hydrogens (primary N) is 1. The number of aliphatic carboxylic acids is 1. The standard InChI is InChI=1S/C14H16ClN5O4S/c1-14(2,13(21)22)20-25(23,24)8-3-4-9-10(5-8)12(18-7-19-16)17-6-11(9)15/h3-7,20H,16H2,1-2H3,(H,21,22)(H,17,18,19). The van der Waals surface area contributed by atoms with E-state index in [4.69, 9.17) is 22.6 Å². The quantitative estimate of drug-likeness (QED) is 0.252.